The first kappa shape index (κ1) is 10.5. The van der Waals surface area contributed by atoms with Crippen LogP contribution >= 0.6 is 0 Å². The maximum Gasteiger partial charge on any atom is 0.0628 e. The van der Waals surface area contributed by atoms with Crippen LogP contribution in [-0.2, 0) is 0 Å². The van der Waals surface area contributed by atoms with Crippen molar-refractivity contribution in [3.63, 3.8) is 0 Å². The molecule has 0 aromatic heterocycles. The third kappa shape index (κ3) is 3.03. The van der Waals surface area contributed by atoms with Gasteiger partial charge in [-0.2, -0.15) is 10.5 Å². The molecule has 0 saturated heterocycles. The van der Waals surface area contributed by atoms with Gasteiger partial charge in [-0.15, -0.1) is 13.2 Å². The lowest BCUT2D eigenvalue weighted by atomic mass is 9.88. The zero-order chi connectivity index (χ0) is 9.40. The van der Waals surface area contributed by atoms with Crippen LogP contribution in [0.1, 0.15) is 12.8 Å². The molecule has 0 aromatic rings. The summed E-state index contributed by atoms with van der Waals surface area (Å²) < 4.78 is 0. The van der Waals surface area contributed by atoms with Crippen LogP contribution in [0.4, 0.5) is 0 Å². The summed E-state index contributed by atoms with van der Waals surface area (Å²) >= 11 is 0. The average Bonchev–Trinajstić information content (AvgIpc) is 2.11. The van der Waals surface area contributed by atoms with Crippen LogP contribution in [0.5, 0.6) is 0 Å². The summed E-state index contributed by atoms with van der Waals surface area (Å²) in [4.78, 5) is 0. The molecule has 0 unspecified atom stereocenters. The van der Waals surface area contributed by atoms with Gasteiger partial charge < -0.3 is 0 Å². The van der Waals surface area contributed by atoms with Gasteiger partial charge >= 0.3 is 0 Å². The van der Waals surface area contributed by atoms with Crippen molar-refractivity contribution in [2.45, 2.75) is 12.8 Å². The lowest BCUT2D eigenvalue weighted by Crippen LogP contribution is -2.08. The Morgan fingerprint density at radius 3 is 1.50 bits per heavy atom. The Morgan fingerprint density at radius 1 is 1.00 bits per heavy atom. The molecule has 0 aliphatic rings. The van der Waals surface area contributed by atoms with Gasteiger partial charge in [0.2, 0.25) is 0 Å². The largest absolute Gasteiger partial charge is 0.198 e. The summed E-state index contributed by atoms with van der Waals surface area (Å²) in [5.74, 6) is 0.124. The molecule has 12 heavy (non-hydrogen) atoms. The van der Waals surface area contributed by atoms with Crippen LogP contribution in [0.25, 0.3) is 0 Å². The molecule has 2 heteroatoms. The van der Waals surface area contributed by atoms with Gasteiger partial charge in [0.05, 0.1) is 12.1 Å². The van der Waals surface area contributed by atoms with Crippen molar-refractivity contribution in [3.05, 3.63) is 25.3 Å². The molecule has 0 heterocycles. The summed E-state index contributed by atoms with van der Waals surface area (Å²) in [6.45, 7) is 7.24. The van der Waals surface area contributed by atoms with Crippen molar-refractivity contribution in [1.29, 1.82) is 10.5 Å². The Hall–Kier alpha value is -1.54. The Labute approximate surface area is 73.4 Å². The van der Waals surface area contributed by atoms with Crippen LogP contribution in [0.3, 0.4) is 0 Å². The Balaban J connectivity index is 4.25. The number of allylic oxidation sites excluding steroid dienone is 2. The lowest BCUT2D eigenvalue weighted by Gasteiger charge is -2.14. The molecule has 0 fully saturated rings. The molecule has 0 aromatic carbocycles. The SMILES string of the molecule is C=C[C@@H](CC#N)[C@@H](C=C)CC#N. The third-order valence-electron chi connectivity index (χ3n) is 1.81. The summed E-state index contributed by atoms with van der Waals surface area (Å²) in [5, 5.41) is 16.9. The molecule has 0 bridgehead atoms. The van der Waals surface area contributed by atoms with Gasteiger partial charge in [0.15, 0.2) is 0 Å². The molecule has 2 atom stereocenters. The van der Waals surface area contributed by atoms with Crippen molar-refractivity contribution < 1.29 is 0 Å². The van der Waals surface area contributed by atoms with E-state index in [-0.39, 0.29) is 11.8 Å². The summed E-state index contributed by atoms with van der Waals surface area (Å²) in [5.41, 5.74) is 0. The molecule has 0 aliphatic carbocycles. The second-order valence-corrected chi connectivity index (χ2v) is 2.52. The van der Waals surface area contributed by atoms with Crippen LogP contribution in [0.2, 0.25) is 0 Å². The monoisotopic (exact) mass is 160 g/mol. The van der Waals surface area contributed by atoms with E-state index in [0.29, 0.717) is 12.8 Å². The van der Waals surface area contributed by atoms with Crippen molar-refractivity contribution in [2.75, 3.05) is 0 Å². The molecule has 0 N–H and O–H groups in total. The Kier molecular flexibility index (Phi) is 5.39. The van der Waals surface area contributed by atoms with Crippen molar-refractivity contribution in [3.8, 4) is 12.1 Å². The molecule has 0 rings (SSSR count). The van der Waals surface area contributed by atoms with E-state index in [0.717, 1.165) is 0 Å². The van der Waals surface area contributed by atoms with Gasteiger partial charge in [0, 0.05) is 12.8 Å². The smallest absolute Gasteiger partial charge is 0.0628 e. The topological polar surface area (TPSA) is 47.6 Å². The molecule has 0 spiro atoms. The van der Waals surface area contributed by atoms with E-state index in [1.807, 2.05) is 0 Å². The predicted octanol–water partition coefficient (Wildman–Crippen LogP) is 2.42. The fourth-order valence-corrected chi connectivity index (χ4v) is 1.03. The van der Waals surface area contributed by atoms with Gasteiger partial charge in [-0.25, -0.2) is 0 Å². The van der Waals surface area contributed by atoms with E-state index in [1.54, 1.807) is 12.2 Å². The molecule has 0 aliphatic heterocycles. The minimum Gasteiger partial charge on any atom is -0.198 e. The molecular weight excluding hydrogens is 148 g/mol. The standard InChI is InChI=1S/C10H12N2/c1-3-9(5-7-11)10(4-2)6-8-12/h3-4,9-10H,1-2,5-6H2/t9-,10-/m0/s1. The number of rotatable bonds is 5. The molecular formula is C10H12N2. The van der Waals surface area contributed by atoms with E-state index in [9.17, 15) is 0 Å². The van der Waals surface area contributed by atoms with Gasteiger partial charge in [-0.05, 0) is 11.8 Å². The Bertz CT molecular complexity index is 203. The first-order valence-electron chi connectivity index (χ1n) is 3.79. The van der Waals surface area contributed by atoms with E-state index < -0.39 is 0 Å². The van der Waals surface area contributed by atoms with E-state index in [2.05, 4.69) is 25.3 Å². The molecule has 0 radical (unpaired) electrons. The van der Waals surface area contributed by atoms with E-state index >= 15 is 0 Å². The summed E-state index contributed by atoms with van der Waals surface area (Å²) in [6.07, 6.45) is 4.24. The number of nitriles is 2. The van der Waals surface area contributed by atoms with E-state index in [4.69, 9.17) is 10.5 Å². The van der Waals surface area contributed by atoms with Crippen molar-refractivity contribution >= 4 is 0 Å². The Morgan fingerprint density at radius 2 is 1.33 bits per heavy atom. The number of hydrogen-bond acceptors (Lipinski definition) is 2. The normalized spacial score (nSPS) is 13.5. The first-order chi connectivity index (χ1) is 5.79. The second kappa shape index (κ2) is 6.19. The highest BCUT2D eigenvalue weighted by Crippen LogP contribution is 2.20. The second-order valence-electron chi connectivity index (χ2n) is 2.52. The fraction of sp³-hybridized carbons (Fsp3) is 0.400. The quantitative estimate of drug-likeness (QED) is 0.580. The maximum atomic E-state index is 8.47. The first-order valence-corrected chi connectivity index (χ1v) is 3.79. The average molecular weight is 160 g/mol. The van der Waals surface area contributed by atoms with Crippen molar-refractivity contribution in [2.24, 2.45) is 11.8 Å². The predicted molar refractivity (Wildman–Crippen MR) is 47.8 cm³/mol. The van der Waals surface area contributed by atoms with Gasteiger partial charge in [0.1, 0.15) is 0 Å². The minimum absolute atomic E-state index is 0.0622. The molecule has 62 valence electrons. The zero-order valence-electron chi connectivity index (χ0n) is 7.03. The van der Waals surface area contributed by atoms with E-state index in [1.165, 1.54) is 0 Å². The highest BCUT2D eigenvalue weighted by molar-refractivity contribution is 4.99. The number of nitrogens with zero attached hydrogens (tertiary/aromatic N) is 2. The minimum atomic E-state index is 0.0622. The highest BCUT2D eigenvalue weighted by atomic mass is 14.3. The number of hydrogen-bond donors (Lipinski definition) is 0. The molecule has 0 amide bonds. The molecule has 0 saturated carbocycles. The lowest BCUT2D eigenvalue weighted by molar-refractivity contribution is 0.493. The van der Waals surface area contributed by atoms with Crippen LogP contribution in [0.15, 0.2) is 25.3 Å². The third-order valence-corrected chi connectivity index (χ3v) is 1.81. The van der Waals surface area contributed by atoms with Gasteiger partial charge in [-0.3, -0.25) is 0 Å². The van der Waals surface area contributed by atoms with Crippen LogP contribution in [-0.4, -0.2) is 0 Å². The zero-order valence-corrected chi connectivity index (χ0v) is 7.03. The summed E-state index contributed by atoms with van der Waals surface area (Å²) in [6, 6.07) is 4.13. The van der Waals surface area contributed by atoms with Crippen molar-refractivity contribution in [1.82, 2.24) is 0 Å². The van der Waals surface area contributed by atoms with Gasteiger partial charge in [-0.1, -0.05) is 12.2 Å². The fourth-order valence-electron chi connectivity index (χ4n) is 1.03. The summed E-state index contributed by atoms with van der Waals surface area (Å²) in [7, 11) is 0. The maximum absolute atomic E-state index is 8.47. The van der Waals surface area contributed by atoms with Crippen LogP contribution < -0.4 is 0 Å². The van der Waals surface area contributed by atoms with Gasteiger partial charge in [0.25, 0.3) is 0 Å². The van der Waals surface area contributed by atoms with Crippen LogP contribution in [0, 0.1) is 34.5 Å². The molecule has 2 nitrogen and oxygen atoms in total. The highest BCUT2D eigenvalue weighted by Gasteiger charge is 2.14.